The van der Waals surface area contributed by atoms with Crippen LogP contribution in [0.25, 0.3) is 5.69 Å². The molecule has 0 aliphatic rings. The zero-order chi connectivity index (χ0) is 22.7. The Morgan fingerprint density at radius 2 is 2.03 bits per heavy atom. The number of nitrogens with zero attached hydrogens (tertiary/aromatic N) is 3. The van der Waals surface area contributed by atoms with E-state index < -0.39 is 17.6 Å². The van der Waals surface area contributed by atoms with E-state index in [-0.39, 0.29) is 17.9 Å². The maximum Gasteiger partial charge on any atom is 0.416 e. The normalized spacial score (nSPS) is 11.4. The first-order valence-corrected chi connectivity index (χ1v) is 10.3. The van der Waals surface area contributed by atoms with Crippen LogP contribution in [-0.2, 0) is 12.8 Å². The summed E-state index contributed by atoms with van der Waals surface area (Å²) >= 11 is 1.51. The number of hydrogen-bond donors (Lipinski definition) is 1. The Morgan fingerprint density at radius 3 is 2.72 bits per heavy atom. The maximum atomic E-state index is 13.2. The number of hydrogen-bond acceptors (Lipinski definition) is 5. The lowest BCUT2D eigenvalue weighted by atomic mass is 10.1. The van der Waals surface area contributed by atoms with Crippen molar-refractivity contribution < 1.29 is 22.7 Å². The molecule has 0 bridgehead atoms. The molecule has 1 N–H and O–H groups in total. The Balaban J connectivity index is 1.56. The molecule has 0 aliphatic carbocycles. The third-order valence-corrected chi connectivity index (χ3v) is 5.30. The minimum atomic E-state index is -4.55. The van der Waals surface area contributed by atoms with Crippen molar-refractivity contribution in [1.29, 1.82) is 0 Å². The van der Waals surface area contributed by atoms with Gasteiger partial charge in [0, 0.05) is 23.3 Å². The van der Waals surface area contributed by atoms with Crippen LogP contribution < -0.4 is 10.1 Å². The number of thiazole rings is 1. The Labute approximate surface area is 185 Å². The van der Waals surface area contributed by atoms with Crippen molar-refractivity contribution in [2.75, 3.05) is 5.32 Å². The summed E-state index contributed by atoms with van der Waals surface area (Å²) in [6, 6.07) is 11.1. The third-order valence-electron chi connectivity index (χ3n) is 4.47. The van der Waals surface area contributed by atoms with E-state index >= 15 is 0 Å². The van der Waals surface area contributed by atoms with Crippen molar-refractivity contribution in [2.24, 2.45) is 0 Å². The van der Waals surface area contributed by atoms with Gasteiger partial charge in [-0.2, -0.15) is 18.3 Å². The lowest BCUT2D eigenvalue weighted by Crippen LogP contribution is -2.15. The second-order valence-electron chi connectivity index (χ2n) is 6.81. The van der Waals surface area contributed by atoms with Crippen molar-refractivity contribution in [1.82, 2.24) is 14.8 Å². The number of rotatable bonds is 6. The fourth-order valence-corrected chi connectivity index (χ4v) is 3.57. The van der Waals surface area contributed by atoms with Crippen molar-refractivity contribution in [2.45, 2.75) is 19.7 Å². The van der Waals surface area contributed by atoms with E-state index in [1.807, 2.05) is 12.3 Å². The number of halogens is 3. The van der Waals surface area contributed by atoms with E-state index in [1.54, 1.807) is 30.5 Å². The topological polar surface area (TPSA) is 69.0 Å². The Hall–Kier alpha value is -3.66. The molecule has 0 radical (unpaired) electrons. The highest BCUT2D eigenvalue weighted by atomic mass is 32.1. The SMILES string of the molecule is Cc1nc(COc2cccc(C(=O)Nc3cc(C(F)(F)F)ccc3-n3cccn3)c2)cs1. The summed E-state index contributed by atoms with van der Waals surface area (Å²) in [5, 5.41) is 9.42. The molecular weight excluding hydrogens is 441 g/mol. The summed E-state index contributed by atoms with van der Waals surface area (Å²) < 4.78 is 46.8. The number of alkyl halides is 3. The van der Waals surface area contributed by atoms with Crippen LogP contribution >= 0.6 is 11.3 Å². The number of carbonyl (C=O) groups is 1. The number of carbonyl (C=O) groups excluding carboxylic acids is 1. The second-order valence-corrected chi connectivity index (χ2v) is 7.87. The largest absolute Gasteiger partial charge is 0.487 e. The minimum Gasteiger partial charge on any atom is -0.487 e. The standard InChI is InChI=1S/C22H17F3N4O2S/c1-14-27-17(13-32-14)12-31-18-5-2-4-15(10-18)21(30)28-19-11-16(22(23,24)25)6-7-20(19)29-9-3-8-26-29/h2-11,13H,12H2,1H3,(H,28,30). The van der Waals surface area contributed by atoms with Gasteiger partial charge in [-0.25, -0.2) is 9.67 Å². The molecule has 32 heavy (non-hydrogen) atoms. The van der Waals surface area contributed by atoms with Crippen molar-refractivity contribution in [3.63, 3.8) is 0 Å². The number of nitrogens with one attached hydrogen (secondary N) is 1. The quantitative estimate of drug-likeness (QED) is 0.415. The van der Waals surface area contributed by atoms with E-state index in [9.17, 15) is 18.0 Å². The molecule has 2 aromatic carbocycles. The van der Waals surface area contributed by atoms with E-state index in [0.717, 1.165) is 22.8 Å². The van der Waals surface area contributed by atoms with Gasteiger partial charge < -0.3 is 10.1 Å². The molecule has 0 saturated heterocycles. The molecule has 2 heterocycles. The Bertz CT molecular complexity index is 1240. The highest BCUT2D eigenvalue weighted by molar-refractivity contribution is 7.09. The number of anilines is 1. The molecule has 0 aliphatic heterocycles. The first kappa shape index (κ1) is 21.6. The van der Waals surface area contributed by atoms with Gasteiger partial charge in [-0.15, -0.1) is 11.3 Å². The predicted molar refractivity (Wildman–Crippen MR) is 114 cm³/mol. The fourth-order valence-electron chi connectivity index (χ4n) is 2.98. The van der Waals surface area contributed by atoms with E-state index in [0.29, 0.717) is 11.4 Å². The summed E-state index contributed by atoms with van der Waals surface area (Å²) in [7, 11) is 0. The van der Waals surface area contributed by atoms with E-state index in [2.05, 4.69) is 15.4 Å². The minimum absolute atomic E-state index is 0.0159. The first-order chi connectivity index (χ1) is 15.3. The maximum absolute atomic E-state index is 13.2. The van der Waals surface area contributed by atoms with Crippen LogP contribution in [0.15, 0.2) is 66.3 Å². The number of ether oxygens (including phenoxy) is 1. The van der Waals surface area contributed by atoms with Gasteiger partial charge in [0.05, 0.1) is 27.6 Å². The highest BCUT2D eigenvalue weighted by Crippen LogP contribution is 2.33. The van der Waals surface area contributed by atoms with Crippen LogP contribution in [0.1, 0.15) is 26.6 Å². The summed E-state index contributed by atoms with van der Waals surface area (Å²) in [6.07, 6.45) is -1.48. The summed E-state index contributed by atoms with van der Waals surface area (Å²) in [5.41, 5.74) is 0.427. The third kappa shape index (κ3) is 4.97. The summed E-state index contributed by atoms with van der Waals surface area (Å²) in [4.78, 5) is 17.2. The molecule has 0 unspecified atom stereocenters. The summed E-state index contributed by atoms with van der Waals surface area (Å²) in [6.45, 7) is 2.14. The monoisotopic (exact) mass is 458 g/mol. The van der Waals surface area contributed by atoms with E-state index in [4.69, 9.17) is 4.74 Å². The molecule has 164 valence electrons. The number of aromatic nitrogens is 3. The lowest BCUT2D eigenvalue weighted by Gasteiger charge is -2.15. The molecule has 4 aromatic rings. The van der Waals surface area contributed by atoms with Crippen LogP contribution in [0.3, 0.4) is 0 Å². The number of amides is 1. The number of benzene rings is 2. The van der Waals surface area contributed by atoms with Crippen molar-refractivity contribution in [3.05, 3.63) is 88.1 Å². The van der Waals surface area contributed by atoms with Crippen LogP contribution in [0.5, 0.6) is 5.75 Å². The summed E-state index contributed by atoms with van der Waals surface area (Å²) in [5.74, 6) is -0.132. The van der Waals surface area contributed by atoms with Crippen molar-refractivity contribution in [3.8, 4) is 11.4 Å². The molecule has 10 heteroatoms. The molecule has 0 atom stereocenters. The zero-order valence-electron chi connectivity index (χ0n) is 16.8. The molecule has 6 nitrogen and oxygen atoms in total. The molecule has 0 saturated carbocycles. The lowest BCUT2D eigenvalue weighted by molar-refractivity contribution is -0.137. The van der Waals surface area contributed by atoms with Gasteiger partial charge >= 0.3 is 6.18 Å². The van der Waals surface area contributed by atoms with Crippen LogP contribution in [-0.4, -0.2) is 20.7 Å². The average Bonchev–Trinajstić information content (AvgIpc) is 3.44. The van der Waals surface area contributed by atoms with Gasteiger partial charge in [0.15, 0.2) is 0 Å². The van der Waals surface area contributed by atoms with E-state index in [1.165, 1.54) is 34.3 Å². The van der Waals surface area contributed by atoms with Gasteiger partial charge in [0.2, 0.25) is 0 Å². The van der Waals surface area contributed by atoms with Gasteiger partial charge in [-0.05, 0) is 49.4 Å². The van der Waals surface area contributed by atoms with Crippen LogP contribution in [0.4, 0.5) is 18.9 Å². The van der Waals surface area contributed by atoms with Crippen LogP contribution in [0.2, 0.25) is 0 Å². The molecule has 4 rings (SSSR count). The highest BCUT2D eigenvalue weighted by Gasteiger charge is 2.31. The first-order valence-electron chi connectivity index (χ1n) is 9.46. The number of aryl methyl sites for hydroxylation is 1. The average molecular weight is 458 g/mol. The predicted octanol–water partition coefficient (Wildman–Crippen LogP) is 5.49. The zero-order valence-corrected chi connectivity index (χ0v) is 17.6. The van der Waals surface area contributed by atoms with Gasteiger partial charge in [-0.1, -0.05) is 6.07 Å². The Kier molecular flexibility index (Phi) is 5.95. The molecule has 2 aromatic heterocycles. The van der Waals surface area contributed by atoms with Gasteiger partial charge in [0.25, 0.3) is 5.91 Å². The molecule has 0 spiro atoms. The van der Waals surface area contributed by atoms with Crippen LogP contribution in [0, 0.1) is 6.92 Å². The Morgan fingerprint density at radius 1 is 1.19 bits per heavy atom. The molecular formula is C22H17F3N4O2S. The second kappa shape index (κ2) is 8.83. The molecule has 0 fully saturated rings. The van der Waals surface area contributed by atoms with Gasteiger partial charge in [-0.3, -0.25) is 4.79 Å². The van der Waals surface area contributed by atoms with Crippen molar-refractivity contribution >= 4 is 22.9 Å². The fraction of sp³-hybridized carbons (Fsp3) is 0.136. The smallest absolute Gasteiger partial charge is 0.416 e. The molecule has 1 amide bonds. The van der Waals surface area contributed by atoms with Gasteiger partial charge in [0.1, 0.15) is 12.4 Å².